The molecule has 0 saturated heterocycles. The van der Waals surface area contributed by atoms with Crippen molar-refractivity contribution in [2.24, 2.45) is 5.73 Å². The normalized spacial score (nSPS) is 18.0. The van der Waals surface area contributed by atoms with Crippen molar-refractivity contribution >= 4 is 11.5 Å². The summed E-state index contributed by atoms with van der Waals surface area (Å²) < 4.78 is 16.7. The smallest absolute Gasteiger partial charge is 0.163 e. The first-order chi connectivity index (χ1) is 17.6. The summed E-state index contributed by atoms with van der Waals surface area (Å²) in [6.45, 7) is 3.78. The quantitative estimate of drug-likeness (QED) is 0.240. The number of anilines is 1. The van der Waals surface area contributed by atoms with E-state index >= 15 is 0 Å². The fraction of sp³-hybridized carbons (Fsp3) is 0.357. The van der Waals surface area contributed by atoms with Gasteiger partial charge in [0.05, 0.1) is 24.9 Å². The third kappa shape index (κ3) is 5.53. The Hall–Kier alpha value is -3.66. The van der Waals surface area contributed by atoms with E-state index in [1.165, 1.54) is 7.11 Å². The molecule has 4 rings (SSSR count). The summed E-state index contributed by atoms with van der Waals surface area (Å²) in [6.07, 6.45) is 0.200. The second kappa shape index (κ2) is 10.4. The number of nitrogens with zero attached hydrogens (tertiary/aromatic N) is 1. The van der Waals surface area contributed by atoms with Gasteiger partial charge in [-0.25, -0.2) is 4.98 Å². The number of fused-ring (bicyclic) bond motifs is 1. The first kappa shape index (κ1) is 26.4. The Morgan fingerprint density at radius 2 is 1.92 bits per heavy atom. The molecule has 2 aromatic carbocycles. The Labute approximate surface area is 216 Å². The Balaban J connectivity index is 1.60. The summed E-state index contributed by atoms with van der Waals surface area (Å²) in [5.41, 5.74) is 13.7. The maximum atomic E-state index is 13.0. The number of aromatic nitrogens is 1. The number of nitrogen functional groups attached to an aromatic ring is 1. The van der Waals surface area contributed by atoms with Crippen molar-refractivity contribution < 1.29 is 29.2 Å². The van der Waals surface area contributed by atoms with Crippen molar-refractivity contribution in [2.45, 2.75) is 37.8 Å². The highest BCUT2D eigenvalue weighted by Crippen LogP contribution is 2.44. The summed E-state index contributed by atoms with van der Waals surface area (Å²) in [5.74, 6) is 1.24. The molecule has 6 N–H and O–H groups in total. The molecule has 196 valence electrons. The van der Waals surface area contributed by atoms with E-state index in [0.717, 1.165) is 11.1 Å². The zero-order chi connectivity index (χ0) is 26.8. The van der Waals surface area contributed by atoms with E-state index in [9.17, 15) is 9.90 Å². The number of hydrogen-bond donors (Lipinski definition) is 4. The van der Waals surface area contributed by atoms with Crippen molar-refractivity contribution in [2.75, 3.05) is 32.7 Å². The molecule has 1 aliphatic rings. The van der Waals surface area contributed by atoms with E-state index in [1.807, 2.05) is 19.1 Å². The minimum atomic E-state index is -1.42. The molecular weight excluding hydrogens is 474 g/mol. The van der Waals surface area contributed by atoms with Crippen LogP contribution < -0.4 is 25.7 Å². The van der Waals surface area contributed by atoms with Gasteiger partial charge in [0, 0.05) is 28.8 Å². The predicted molar refractivity (Wildman–Crippen MR) is 140 cm³/mol. The number of ether oxygens (including phenoxy) is 3. The maximum absolute atomic E-state index is 13.0. The molecule has 3 aromatic rings. The van der Waals surface area contributed by atoms with E-state index in [2.05, 4.69) is 0 Å². The zero-order valence-electron chi connectivity index (χ0n) is 21.3. The van der Waals surface area contributed by atoms with Gasteiger partial charge in [0.1, 0.15) is 24.5 Å². The number of carbonyl (C=O) groups excluding carboxylic acids is 1. The topological polar surface area (TPSA) is 150 Å². The number of aliphatic hydroxyl groups is 2. The van der Waals surface area contributed by atoms with Crippen LogP contribution in [0.1, 0.15) is 48.3 Å². The van der Waals surface area contributed by atoms with Crippen molar-refractivity contribution in [1.29, 1.82) is 0 Å². The molecule has 0 radical (unpaired) electrons. The molecule has 2 heterocycles. The van der Waals surface area contributed by atoms with Crippen molar-refractivity contribution in [1.82, 2.24) is 4.98 Å². The highest BCUT2D eigenvalue weighted by Gasteiger charge is 2.38. The third-order valence-electron chi connectivity index (χ3n) is 6.51. The minimum absolute atomic E-state index is 0.0688. The number of methoxy groups -OCH3 is 1. The van der Waals surface area contributed by atoms with Crippen LogP contribution in [0.4, 0.5) is 5.69 Å². The number of pyridine rings is 1. The Morgan fingerprint density at radius 1 is 1.19 bits per heavy atom. The van der Waals surface area contributed by atoms with Crippen LogP contribution in [0.3, 0.4) is 0 Å². The van der Waals surface area contributed by atoms with Crippen LogP contribution in [0, 0.1) is 0 Å². The zero-order valence-corrected chi connectivity index (χ0v) is 21.3. The van der Waals surface area contributed by atoms with Gasteiger partial charge in [0.15, 0.2) is 23.0 Å². The first-order valence-electron chi connectivity index (χ1n) is 12.1. The first-order valence-corrected chi connectivity index (χ1v) is 12.1. The van der Waals surface area contributed by atoms with Gasteiger partial charge >= 0.3 is 0 Å². The number of aliphatic hydroxyl groups excluding tert-OH is 1. The monoisotopic (exact) mass is 507 g/mol. The summed E-state index contributed by atoms with van der Waals surface area (Å²) in [5, 5.41) is 20.4. The molecule has 1 aliphatic heterocycles. The molecule has 0 saturated carbocycles. The summed E-state index contributed by atoms with van der Waals surface area (Å²) in [4.78, 5) is 17.8. The molecule has 9 nitrogen and oxygen atoms in total. The molecule has 0 spiro atoms. The van der Waals surface area contributed by atoms with Crippen molar-refractivity contribution in [3.8, 4) is 28.5 Å². The average Bonchev–Trinajstić information content (AvgIpc) is 3.20. The van der Waals surface area contributed by atoms with Gasteiger partial charge in [-0.3, -0.25) is 4.79 Å². The third-order valence-corrected chi connectivity index (χ3v) is 6.51. The Bertz CT molecular complexity index is 1290. The molecule has 0 aliphatic carbocycles. The molecule has 0 fully saturated rings. The number of carbonyl (C=O) groups is 1. The number of hydrogen-bond acceptors (Lipinski definition) is 9. The highest BCUT2D eigenvalue weighted by molar-refractivity contribution is 5.96. The average molecular weight is 508 g/mol. The van der Waals surface area contributed by atoms with Gasteiger partial charge in [0.25, 0.3) is 0 Å². The van der Waals surface area contributed by atoms with Crippen molar-refractivity contribution in [3.05, 3.63) is 65.4 Å². The van der Waals surface area contributed by atoms with Gasteiger partial charge in [0.2, 0.25) is 0 Å². The number of rotatable bonds is 10. The van der Waals surface area contributed by atoms with E-state index in [0.29, 0.717) is 39.9 Å². The second-order valence-electron chi connectivity index (χ2n) is 9.70. The van der Waals surface area contributed by atoms with Crippen molar-refractivity contribution in [3.63, 3.8) is 0 Å². The molecule has 0 bridgehead atoms. The van der Waals surface area contributed by atoms with Crippen LogP contribution in [0.2, 0.25) is 0 Å². The molecular formula is C28H33N3O6. The summed E-state index contributed by atoms with van der Waals surface area (Å²) in [6, 6.07) is 13.9. The molecule has 2 unspecified atom stereocenters. The predicted octanol–water partition coefficient (Wildman–Crippen LogP) is 3.15. The number of Topliss-reactive ketones (excluding diaryl/α,β-unsaturated/α-hetero) is 1. The SMILES string of the molecule is COc1cc(C(=O)CCC(C)(O)c2cc3c(c(-c4ccc(N)cc4)n2)OCC3(C)N)ccc1OCCO. The lowest BCUT2D eigenvalue weighted by molar-refractivity contribution is 0.0396. The number of ketones is 1. The van der Waals surface area contributed by atoms with Gasteiger partial charge in [-0.15, -0.1) is 0 Å². The fourth-order valence-electron chi connectivity index (χ4n) is 4.26. The van der Waals surface area contributed by atoms with Crippen LogP contribution in [0.25, 0.3) is 11.3 Å². The maximum Gasteiger partial charge on any atom is 0.163 e. The largest absolute Gasteiger partial charge is 0.493 e. The van der Waals surface area contributed by atoms with Crippen LogP contribution in [0.5, 0.6) is 17.2 Å². The lowest BCUT2D eigenvalue weighted by Gasteiger charge is -2.25. The molecule has 1 aromatic heterocycles. The summed E-state index contributed by atoms with van der Waals surface area (Å²) in [7, 11) is 1.48. The van der Waals surface area contributed by atoms with Gasteiger partial charge in [-0.05, 0) is 56.7 Å². The van der Waals surface area contributed by atoms with Crippen LogP contribution in [0.15, 0.2) is 48.5 Å². The van der Waals surface area contributed by atoms with Gasteiger partial charge in [-0.1, -0.05) is 12.1 Å². The fourth-order valence-corrected chi connectivity index (χ4v) is 4.26. The second-order valence-corrected chi connectivity index (χ2v) is 9.70. The number of benzene rings is 2. The van der Waals surface area contributed by atoms with E-state index < -0.39 is 11.1 Å². The van der Waals surface area contributed by atoms with Crippen LogP contribution >= 0.6 is 0 Å². The Kier molecular flexibility index (Phi) is 7.40. The molecule has 2 atom stereocenters. The van der Waals surface area contributed by atoms with E-state index in [4.69, 9.17) is 35.8 Å². The van der Waals surface area contributed by atoms with Gasteiger partial charge in [-0.2, -0.15) is 0 Å². The molecule has 9 heteroatoms. The van der Waals surface area contributed by atoms with Crippen LogP contribution in [-0.4, -0.2) is 47.9 Å². The number of nitrogens with two attached hydrogens (primary N) is 2. The van der Waals surface area contributed by atoms with Gasteiger partial charge < -0.3 is 35.9 Å². The molecule has 0 amide bonds. The minimum Gasteiger partial charge on any atom is -0.493 e. The Morgan fingerprint density at radius 3 is 2.59 bits per heavy atom. The van der Waals surface area contributed by atoms with E-state index in [-0.39, 0.29) is 38.4 Å². The standard InChI is InChI=1S/C28H33N3O6/c1-27(30)16-37-26-20(27)15-24(31-25(26)17-4-7-19(29)8-5-17)28(2,34)11-10-21(33)18-6-9-22(36-13-12-32)23(14-18)35-3/h4-9,14-15,32,34H,10-13,16,29-30H2,1-3H3. The lowest BCUT2D eigenvalue weighted by atomic mass is 9.88. The molecule has 37 heavy (non-hydrogen) atoms. The van der Waals surface area contributed by atoms with Crippen LogP contribution in [-0.2, 0) is 11.1 Å². The lowest BCUT2D eigenvalue weighted by Crippen LogP contribution is -2.35. The van der Waals surface area contributed by atoms with E-state index in [1.54, 1.807) is 43.3 Å². The highest BCUT2D eigenvalue weighted by atomic mass is 16.5. The summed E-state index contributed by atoms with van der Waals surface area (Å²) >= 11 is 0.